The smallest absolute Gasteiger partial charge is 0.162 e. The van der Waals surface area contributed by atoms with Crippen LogP contribution in [0.2, 0.25) is 5.02 Å². The Morgan fingerprint density at radius 1 is 1.04 bits per heavy atom. The molecule has 3 nitrogen and oxygen atoms in total. The SMILES string of the molecule is CCCNCc1cc(OCC)c(OCc2ccccc2Cl)cc1Br. The Labute approximate surface area is 157 Å². The van der Waals surface area contributed by atoms with E-state index in [0.717, 1.165) is 40.9 Å². The van der Waals surface area contributed by atoms with Crippen molar-refractivity contribution in [1.29, 1.82) is 0 Å². The number of ether oxygens (including phenoxy) is 2. The highest BCUT2D eigenvalue weighted by molar-refractivity contribution is 9.10. The van der Waals surface area contributed by atoms with Crippen molar-refractivity contribution in [3.05, 3.63) is 57.0 Å². The topological polar surface area (TPSA) is 30.5 Å². The van der Waals surface area contributed by atoms with Gasteiger partial charge in [0.25, 0.3) is 0 Å². The van der Waals surface area contributed by atoms with Gasteiger partial charge < -0.3 is 14.8 Å². The molecule has 130 valence electrons. The third-order valence-electron chi connectivity index (χ3n) is 3.50. The number of hydrogen-bond donors (Lipinski definition) is 1. The lowest BCUT2D eigenvalue weighted by molar-refractivity contribution is 0.269. The first-order chi connectivity index (χ1) is 11.7. The van der Waals surface area contributed by atoms with Crippen molar-refractivity contribution in [3.63, 3.8) is 0 Å². The molecule has 0 saturated carbocycles. The first-order valence-corrected chi connectivity index (χ1v) is 9.35. The molecule has 0 fully saturated rings. The van der Waals surface area contributed by atoms with E-state index in [0.29, 0.717) is 24.0 Å². The van der Waals surface area contributed by atoms with Crippen LogP contribution in [0, 0.1) is 0 Å². The van der Waals surface area contributed by atoms with Crippen LogP contribution in [-0.2, 0) is 13.2 Å². The highest BCUT2D eigenvalue weighted by atomic mass is 79.9. The monoisotopic (exact) mass is 411 g/mol. The molecule has 2 aromatic rings. The maximum Gasteiger partial charge on any atom is 0.162 e. The maximum absolute atomic E-state index is 6.19. The van der Waals surface area contributed by atoms with Gasteiger partial charge in [0.1, 0.15) is 6.61 Å². The molecule has 0 heterocycles. The number of hydrogen-bond acceptors (Lipinski definition) is 3. The van der Waals surface area contributed by atoms with Crippen LogP contribution in [0.5, 0.6) is 11.5 Å². The lowest BCUT2D eigenvalue weighted by Crippen LogP contribution is -2.14. The van der Waals surface area contributed by atoms with E-state index in [2.05, 4.69) is 28.2 Å². The van der Waals surface area contributed by atoms with Crippen LogP contribution in [0.1, 0.15) is 31.4 Å². The highest BCUT2D eigenvalue weighted by Crippen LogP contribution is 2.34. The molecule has 0 amide bonds. The first kappa shape index (κ1) is 19.1. The first-order valence-electron chi connectivity index (χ1n) is 8.17. The van der Waals surface area contributed by atoms with Gasteiger partial charge in [-0.15, -0.1) is 0 Å². The largest absolute Gasteiger partial charge is 0.490 e. The Hall–Kier alpha value is -1.23. The summed E-state index contributed by atoms with van der Waals surface area (Å²) in [6.45, 7) is 6.89. The van der Waals surface area contributed by atoms with E-state index in [1.807, 2.05) is 43.3 Å². The fourth-order valence-corrected chi connectivity index (χ4v) is 2.92. The van der Waals surface area contributed by atoms with Crippen molar-refractivity contribution < 1.29 is 9.47 Å². The summed E-state index contributed by atoms with van der Waals surface area (Å²) in [7, 11) is 0. The van der Waals surface area contributed by atoms with Crippen LogP contribution < -0.4 is 14.8 Å². The molecule has 0 radical (unpaired) electrons. The molecule has 2 rings (SSSR count). The molecule has 0 aromatic heterocycles. The van der Waals surface area contributed by atoms with E-state index in [1.165, 1.54) is 0 Å². The van der Waals surface area contributed by atoms with E-state index in [-0.39, 0.29) is 0 Å². The molecule has 1 N–H and O–H groups in total. The van der Waals surface area contributed by atoms with Gasteiger partial charge in [0, 0.05) is 21.6 Å². The summed E-state index contributed by atoms with van der Waals surface area (Å²) in [6.07, 6.45) is 1.11. The zero-order valence-corrected chi connectivity index (χ0v) is 16.4. The second-order valence-corrected chi connectivity index (χ2v) is 6.64. The van der Waals surface area contributed by atoms with Gasteiger partial charge in [0.2, 0.25) is 0 Å². The van der Waals surface area contributed by atoms with Crippen LogP contribution in [0.25, 0.3) is 0 Å². The summed E-state index contributed by atoms with van der Waals surface area (Å²) in [6, 6.07) is 11.7. The van der Waals surface area contributed by atoms with Gasteiger partial charge in [-0.1, -0.05) is 52.7 Å². The Morgan fingerprint density at radius 3 is 2.50 bits per heavy atom. The van der Waals surface area contributed by atoms with Crippen molar-refractivity contribution >= 4 is 27.5 Å². The lowest BCUT2D eigenvalue weighted by atomic mass is 10.2. The molecule has 0 spiro atoms. The van der Waals surface area contributed by atoms with Gasteiger partial charge >= 0.3 is 0 Å². The minimum absolute atomic E-state index is 0.402. The third kappa shape index (κ3) is 5.40. The predicted octanol–water partition coefficient (Wildman–Crippen LogP) is 5.58. The fraction of sp³-hybridized carbons (Fsp3) is 0.368. The summed E-state index contributed by atoms with van der Waals surface area (Å²) in [5, 5.41) is 4.11. The van der Waals surface area contributed by atoms with Gasteiger partial charge in [-0.2, -0.15) is 0 Å². The molecule has 0 atom stereocenters. The Bertz CT molecular complexity index is 664. The highest BCUT2D eigenvalue weighted by Gasteiger charge is 2.12. The molecular formula is C19H23BrClNO2. The summed E-state index contributed by atoms with van der Waals surface area (Å²) < 4.78 is 12.7. The maximum atomic E-state index is 6.19. The number of nitrogens with one attached hydrogen (secondary N) is 1. The summed E-state index contributed by atoms with van der Waals surface area (Å²) in [4.78, 5) is 0. The molecule has 0 aliphatic rings. The van der Waals surface area contributed by atoms with Crippen molar-refractivity contribution in [2.24, 2.45) is 0 Å². The zero-order chi connectivity index (χ0) is 17.4. The summed E-state index contributed by atoms with van der Waals surface area (Å²) in [5.74, 6) is 1.46. The minimum Gasteiger partial charge on any atom is -0.490 e. The molecule has 0 bridgehead atoms. The predicted molar refractivity (Wildman–Crippen MR) is 103 cm³/mol. The van der Waals surface area contributed by atoms with Crippen LogP contribution in [0.4, 0.5) is 0 Å². The molecule has 0 aliphatic heterocycles. The van der Waals surface area contributed by atoms with E-state index in [1.54, 1.807) is 0 Å². The Kier molecular flexibility index (Phi) is 7.89. The molecule has 5 heteroatoms. The van der Waals surface area contributed by atoms with Gasteiger partial charge in [0.05, 0.1) is 6.61 Å². The summed E-state index contributed by atoms with van der Waals surface area (Å²) in [5.41, 5.74) is 2.10. The van der Waals surface area contributed by atoms with Gasteiger partial charge in [-0.05, 0) is 43.7 Å². The molecule has 24 heavy (non-hydrogen) atoms. The van der Waals surface area contributed by atoms with E-state index >= 15 is 0 Å². The van der Waals surface area contributed by atoms with Gasteiger partial charge in [-0.3, -0.25) is 0 Å². The van der Waals surface area contributed by atoms with Crippen molar-refractivity contribution in [1.82, 2.24) is 5.32 Å². The van der Waals surface area contributed by atoms with E-state index in [9.17, 15) is 0 Å². The lowest BCUT2D eigenvalue weighted by Gasteiger charge is -2.16. The molecule has 0 unspecified atom stereocenters. The second-order valence-electron chi connectivity index (χ2n) is 5.38. The Balaban J connectivity index is 2.15. The Morgan fingerprint density at radius 2 is 1.79 bits per heavy atom. The van der Waals surface area contributed by atoms with Crippen molar-refractivity contribution in [3.8, 4) is 11.5 Å². The molecule has 0 saturated heterocycles. The average molecular weight is 413 g/mol. The third-order valence-corrected chi connectivity index (χ3v) is 4.60. The van der Waals surface area contributed by atoms with Crippen LogP contribution >= 0.6 is 27.5 Å². The quantitative estimate of drug-likeness (QED) is 0.545. The standard InChI is InChI=1S/C19H23BrClNO2/c1-3-9-22-12-15-10-18(23-4-2)19(11-16(15)20)24-13-14-7-5-6-8-17(14)21/h5-8,10-11,22H,3-4,9,12-13H2,1-2H3. The molecule has 0 aliphatic carbocycles. The fourth-order valence-electron chi connectivity index (χ4n) is 2.26. The number of benzene rings is 2. The minimum atomic E-state index is 0.402. The van der Waals surface area contributed by atoms with Gasteiger partial charge in [0.15, 0.2) is 11.5 Å². The zero-order valence-electron chi connectivity index (χ0n) is 14.1. The van der Waals surface area contributed by atoms with E-state index < -0.39 is 0 Å². The molecule has 2 aromatic carbocycles. The van der Waals surface area contributed by atoms with Crippen LogP contribution in [0.15, 0.2) is 40.9 Å². The van der Waals surface area contributed by atoms with Crippen molar-refractivity contribution in [2.75, 3.05) is 13.2 Å². The molecular weight excluding hydrogens is 390 g/mol. The van der Waals surface area contributed by atoms with Crippen LogP contribution in [-0.4, -0.2) is 13.2 Å². The van der Waals surface area contributed by atoms with Crippen molar-refractivity contribution in [2.45, 2.75) is 33.4 Å². The van der Waals surface area contributed by atoms with Gasteiger partial charge in [-0.25, -0.2) is 0 Å². The van der Waals surface area contributed by atoms with E-state index in [4.69, 9.17) is 21.1 Å². The van der Waals surface area contributed by atoms with Crippen LogP contribution in [0.3, 0.4) is 0 Å². The second kappa shape index (κ2) is 9.92. The summed E-state index contributed by atoms with van der Waals surface area (Å²) >= 11 is 9.81. The number of halogens is 2. The average Bonchev–Trinajstić information content (AvgIpc) is 2.57. The normalized spacial score (nSPS) is 10.7. The number of rotatable bonds is 9.